The van der Waals surface area contributed by atoms with E-state index < -0.39 is 71.6 Å². The maximum absolute atomic E-state index is 14.4. The monoisotopic (exact) mass is 635 g/mol. The first-order valence-corrected chi connectivity index (χ1v) is 15.1. The van der Waals surface area contributed by atoms with Gasteiger partial charge >= 0.3 is 5.97 Å². The molecule has 9 heteroatoms. The molecule has 0 spiro atoms. The van der Waals surface area contributed by atoms with E-state index in [2.05, 4.69) is 5.32 Å². The summed E-state index contributed by atoms with van der Waals surface area (Å²) in [4.78, 5) is 26.7. The number of hydrogen-bond donors (Lipinski definition) is 4. The molecule has 0 bridgehead atoms. The highest BCUT2D eigenvalue weighted by molar-refractivity contribution is 6.12. The molecule has 244 valence electrons. The summed E-state index contributed by atoms with van der Waals surface area (Å²) in [5.74, 6) is -2.30. The molecular weight excluding hydrogens is 587 g/mol. The number of amides is 1. The van der Waals surface area contributed by atoms with Gasteiger partial charge in [-0.15, -0.1) is 0 Å². The van der Waals surface area contributed by atoms with Gasteiger partial charge < -0.3 is 29.9 Å². The second-order valence-electron chi connectivity index (χ2n) is 12.4. The van der Waals surface area contributed by atoms with Gasteiger partial charge in [-0.25, -0.2) is 4.39 Å². The van der Waals surface area contributed by atoms with E-state index in [9.17, 15) is 29.3 Å². The van der Waals surface area contributed by atoms with E-state index in [-0.39, 0.29) is 53.9 Å². The normalized spacial score (nSPS) is 14.5. The van der Waals surface area contributed by atoms with Crippen LogP contribution in [0.3, 0.4) is 0 Å². The lowest BCUT2D eigenvalue weighted by Crippen LogP contribution is -2.28. The predicted molar refractivity (Wildman–Crippen MR) is 177 cm³/mol. The molecule has 46 heavy (non-hydrogen) atoms. The number of rotatable bonds is 12. The van der Waals surface area contributed by atoms with Crippen LogP contribution in [0, 0.1) is 5.82 Å². The summed E-state index contributed by atoms with van der Waals surface area (Å²) >= 11 is 0. The minimum Gasteiger partial charge on any atom is -0.508 e. The van der Waals surface area contributed by atoms with Gasteiger partial charge in [0.15, 0.2) is 0 Å². The third-order valence-corrected chi connectivity index (χ3v) is 7.12. The summed E-state index contributed by atoms with van der Waals surface area (Å²) < 4.78 is 64.1. The highest BCUT2D eigenvalue weighted by Crippen LogP contribution is 2.42. The van der Waals surface area contributed by atoms with Crippen LogP contribution in [0.4, 0.5) is 10.1 Å². The van der Waals surface area contributed by atoms with E-state index in [1.807, 2.05) is 13.8 Å². The summed E-state index contributed by atoms with van der Waals surface area (Å²) in [6.07, 6.45) is -2.85. The van der Waals surface area contributed by atoms with E-state index >= 15 is 0 Å². The van der Waals surface area contributed by atoms with Crippen LogP contribution in [-0.4, -0.2) is 49.6 Å². The van der Waals surface area contributed by atoms with Crippen molar-refractivity contribution in [3.63, 3.8) is 0 Å². The molecule has 4 aromatic rings. The van der Waals surface area contributed by atoms with Crippen LogP contribution in [0.25, 0.3) is 22.4 Å². The Balaban J connectivity index is 1.94. The first kappa shape index (κ1) is 27.8. The summed E-state index contributed by atoms with van der Waals surface area (Å²) in [6.45, 7) is 8.73. The van der Waals surface area contributed by atoms with Crippen molar-refractivity contribution in [2.75, 3.05) is 5.32 Å². The van der Waals surface area contributed by atoms with Gasteiger partial charge in [0.2, 0.25) is 0 Å². The zero-order valence-electron chi connectivity index (χ0n) is 31.6. The lowest BCUT2D eigenvalue weighted by atomic mass is 9.94. The van der Waals surface area contributed by atoms with Gasteiger partial charge in [0.05, 0.1) is 36.7 Å². The highest BCUT2D eigenvalue weighted by Gasteiger charge is 2.31. The molecule has 1 amide bonds. The zero-order chi connectivity index (χ0) is 37.9. The van der Waals surface area contributed by atoms with E-state index in [0.717, 1.165) is 0 Å². The van der Waals surface area contributed by atoms with Crippen molar-refractivity contribution < 1.29 is 40.9 Å². The number of phenols is 1. The van der Waals surface area contributed by atoms with Crippen molar-refractivity contribution >= 4 is 17.6 Å². The fourth-order valence-corrected chi connectivity index (χ4v) is 5.33. The molecule has 0 fully saturated rings. The molecule has 0 aliphatic carbocycles. The van der Waals surface area contributed by atoms with Crippen molar-refractivity contribution in [2.24, 2.45) is 0 Å². The molecule has 0 saturated carbocycles. The third-order valence-electron chi connectivity index (χ3n) is 7.12. The smallest absolute Gasteiger partial charge is 0.308 e. The molecule has 0 saturated heterocycles. The second kappa shape index (κ2) is 14.7. The Morgan fingerprint density at radius 1 is 0.957 bits per heavy atom. The lowest BCUT2D eigenvalue weighted by Gasteiger charge is -2.22. The van der Waals surface area contributed by atoms with Gasteiger partial charge in [-0.05, 0) is 99.2 Å². The van der Waals surface area contributed by atoms with E-state index in [4.69, 9.17) is 11.6 Å². The summed E-state index contributed by atoms with van der Waals surface area (Å²) in [5.41, 5.74) is 0.327. The van der Waals surface area contributed by atoms with Crippen LogP contribution < -0.4 is 5.32 Å². The number of aromatic hydroxyl groups is 1. The van der Waals surface area contributed by atoms with Crippen LogP contribution in [-0.2, 0) is 16.1 Å². The molecular formula is C37H43FN2O6. The van der Waals surface area contributed by atoms with Crippen LogP contribution in [0.5, 0.6) is 5.75 Å². The Morgan fingerprint density at radius 2 is 1.59 bits per heavy atom. The average Bonchev–Trinajstić information content (AvgIpc) is 3.37. The fraction of sp³-hybridized carbons (Fsp3) is 0.351. The van der Waals surface area contributed by atoms with Crippen LogP contribution in [0.1, 0.15) is 82.7 Å². The molecule has 0 aliphatic heterocycles. The van der Waals surface area contributed by atoms with Crippen molar-refractivity contribution in [3.05, 3.63) is 95.8 Å². The molecule has 2 unspecified atom stereocenters. The molecule has 0 aliphatic rings. The van der Waals surface area contributed by atoms with Crippen molar-refractivity contribution in [2.45, 2.75) is 84.2 Å². The van der Waals surface area contributed by atoms with Crippen molar-refractivity contribution in [1.29, 1.82) is 0 Å². The third kappa shape index (κ3) is 8.83. The number of anilines is 1. The zero-order valence-corrected chi connectivity index (χ0v) is 26.6. The van der Waals surface area contributed by atoms with Crippen LogP contribution >= 0.6 is 0 Å². The predicted octanol–water partition coefficient (Wildman–Crippen LogP) is 7.28. The molecule has 0 radical (unpaired) electrons. The molecule has 2 atom stereocenters. The maximum Gasteiger partial charge on any atom is 0.308 e. The van der Waals surface area contributed by atoms with Gasteiger partial charge in [0.25, 0.3) is 5.91 Å². The van der Waals surface area contributed by atoms with Crippen LogP contribution in [0.2, 0.25) is 0 Å². The Hall–Kier alpha value is -4.47. The number of aromatic nitrogens is 1. The Labute approximate surface area is 276 Å². The van der Waals surface area contributed by atoms with Crippen LogP contribution in [0.15, 0.2) is 78.7 Å². The molecule has 8 nitrogen and oxygen atoms in total. The SMILES string of the molecule is [2H]c1c([2H])c([2H])c(-c2c(C(=O)Nc3ccc(O)cc3)c(C(C)C)n(CCC(O)CC(O)CC(=O)OC(C)(C)C)c2-c2ccc(F)cc2)c([2H])c1[2H]. The van der Waals surface area contributed by atoms with Crippen molar-refractivity contribution in [1.82, 2.24) is 4.57 Å². The Kier molecular flexibility index (Phi) is 8.92. The highest BCUT2D eigenvalue weighted by atomic mass is 19.1. The molecule has 1 aromatic heterocycles. The molecule has 3 aromatic carbocycles. The van der Waals surface area contributed by atoms with E-state index in [1.54, 1.807) is 25.3 Å². The number of halogens is 1. The number of ether oxygens (including phenoxy) is 1. The minimum atomic E-state index is -1.21. The number of carbonyl (C=O) groups is 2. The molecule has 4 N–H and O–H groups in total. The number of benzene rings is 3. The lowest BCUT2D eigenvalue weighted by molar-refractivity contribution is -0.157. The fourth-order valence-electron chi connectivity index (χ4n) is 5.33. The van der Waals surface area contributed by atoms with Gasteiger partial charge in [0, 0.05) is 23.5 Å². The number of hydrogen-bond acceptors (Lipinski definition) is 6. The van der Waals surface area contributed by atoms with Gasteiger partial charge in [0.1, 0.15) is 17.2 Å². The second-order valence-corrected chi connectivity index (χ2v) is 12.4. The van der Waals surface area contributed by atoms with Crippen molar-refractivity contribution in [3.8, 4) is 28.1 Å². The summed E-state index contributed by atoms with van der Waals surface area (Å²) in [6, 6.07) is 8.05. The quantitative estimate of drug-likeness (QED) is 0.0960. The Morgan fingerprint density at radius 3 is 2.17 bits per heavy atom. The van der Waals surface area contributed by atoms with Gasteiger partial charge in [-0.1, -0.05) is 44.1 Å². The van der Waals surface area contributed by atoms with E-state index in [0.29, 0.717) is 16.9 Å². The van der Waals surface area contributed by atoms with Gasteiger partial charge in [-0.2, -0.15) is 0 Å². The minimum absolute atomic E-state index is 0.00428. The Bertz CT molecular complexity index is 1880. The number of phenolic OH excluding ortho intramolecular Hbond substituents is 1. The largest absolute Gasteiger partial charge is 0.508 e. The van der Waals surface area contributed by atoms with E-state index in [1.165, 1.54) is 48.5 Å². The molecule has 1 heterocycles. The average molecular weight is 636 g/mol. The standard InChI is InChI=1S/C37H43FN2O6/c1-23(2)34-33(36(45)39-27-15-17-28(41)18-16-27)32(24-9-7-6-8-10-24)35(25-11-13-26(38)14-12-25)40(34)20-19-29(42)21-30(43)22-31(44)46-37(3,4)5/h6-18,23,29-30,41-43H,19-22H2,1-5H3,(H,39,45)/i6D,7D,8D,9D,10D. The number of carbonyl (C=O) groups excluding carboxylic acids is 2. The summed E-state index contributed by atoms with van der Waals surface area (Å²) in [5, 5.41) is 34.2. The topological polar surface area (TPSA) is 121 Å². The number of esters is 1. The molecule has 4 rings (SSSR count). The number of nitrogens with zero attached hydrogens (tertiary/aromatic N) is 1. The number of nitrogens with one attached hydrogen (secondary N) is 1. The number of aliphatic hydroxyl groups excluding tert-OH is 2. The summed E-state index contributed by atoms with van der Waals surface area (Å²) in [7, 11) is 0. The first-order chi connectivity index (χ1) is 23.8. The first-order valence-electron chi connectivity index (χ1n) is 17.6. The number of aliphatic hydroxyl groups is 2. The maximum atomic E-state index is 14.4. The van der Waals surface area contributed by atoms with Gasteiger partial charge in [-0.3, -0.25) is 9.59 Å².